The summed E-state index contributed by atoms with van der Waals surface area (Å²) < 4.78 is 3.91. The number of rotatable bonds is 6. The van der Waals surface area contributed by atoms with E-state index in [4.69, 9.17) is 0 Å². The molecule has 0 bridgehead atoms. The Morgan fingerprint density at radius 3 is 2.93 bits per heavy atom. The number of carbonyl (C=O) groups is 1. The molecule has 7 nitrogen and oxygen atoms in total. The minimum absolute atomic E-state index is 0.177. The van der Waals surface area contributed by atoms with Crippen molar-refractivity contribution in [3.63, 3.8) is 0 Å². The summed E-state index contributed by atoms with van der Waals surface area (Å²) >= 11 is 0. The molecule has 0 saturated carbocycles. The van der Waals surface area contributed by atoms with Gasteiger partial charge in [0.15, 0.2) is 0 Å². The van der Waals surface area contributed by atoms with Gasteiger partial charge in [-0.25, -0.2) is 9.97 Å². The van der Waals surface area contributed by atoms with E-state index in [1.54, 1.807) is 11.0 Å². The molecule has 4 rings (SSSR count). The Labute approximate surface area is 158 Å². The van der Waals surface area contributed by atoms with Gasteiger partial charge in [0.1, 0.15) is 18.5 Å². The van der Waals surface area contributed by atoms with E-state index in [2.05, 4.69) is 43.9 Å². The summed E-state index contributed by atoms with van der Waals surface area (Å²) in [5.41, 5.74) is 1.26. The Morgan fingerprint density at radius 2 is 2.11 bits per heavy atom. The molecule has 0 radical (unpaired) electrons. The van der Waals surface area contributed by atoms with Crippen molar-refractivity contribution in [3.05, 3.63) is 66.8 Å². The molecule has 0 aliphatic carbocycles. The van der Waals surface area contributed by atoms with E-state index < -0.39 is 0 Å². The van der Waals surface area contributed by atoms with Crippen LogP contribution >= 0.6 is 0 Å². The van der Waals surface area contributed by atoms with Crippen LogP contribution in [-0.2, 0) is 17.9 Å². The Balaban J connectivity index is 1.40. The molecule has 0 unspecified atom stereocenters. The van der Waals surface area contributed by atoms with Crippen LogP contribution in [0.1, 0.15) is 36.6 Å². The molecular formula is C20H24N6O. The smallest absolute Gasteiger partial charge is 0.224 e. The maximum absolute atomic E-state index is 12.6. The summed E-state index contributed by atoms with van der Waals surface area (Å²) in [6.07, 6.45) is 9.57. The van der Waals surface area contributed by atoms with Crippen molar-refractivity contribution in [2.45, 2.75) is 38.3 Å². The average Bonchev–Trinajstić information content (AvgIpc) is 3.39. The lowest BCUT2D eigenvalue weighted by molar-refractivity contribution is -0.132. The van der Waals surface area contributed by atoms with Gasteiger partial charge in [0.05, 0.1) is 6.54 Å². The Hall–Kier alpha value is -2.96. The van der Waals surface area contributed by atoms with Gasteiger partial charge in [-0.05, 0) is 18.4 Å². The van der Waals surface area contributed by atoms with Gasteiger partial charge in [0, 0.05) is 44.4 Å². The Morgan fingerprint density at radius 1 is 1.22 bits per heavy atom. The maximum atomic E-state index is 12.6. The Bertz CT molecular complexity index is 858. The number of aryl methyl sites for hydroxylation is 1. The number of carbonyl (C=O) groups excluding carboxylic acids is 1. The number of aromatic nitrogens is 5. The normalized spacial score (nSPS) is 17.2. The average molecular weight is 364 g/mol. The van der Waals surface area contributed by atoms with Crippen LogP contribution in [0.2, 0.25) is 0 Å². The van der Waals surface area contributed by atoms with Crippen LogP contribution in [0.25, 0.3) is 0 Å². The highest BCUT2D eigenvalue weighted by molar-refractivity contribution is 5.76. The number of imidazole rings is 1. The predicted molar refractivity (Wildman–Crippen MR) is 101 cm³/mol. The van der Waals surface area contributed by atoms with Crippen LogP contribution in [-0.4, -0.2) is 48.2 Å². The number of likely N-dealkylation sites (tertiary alicyclic amines) is 1. The van der Waals surface area contributed by atoms with Crippen LogP contribution in [0.5, 0.6) is 0 Å². The second-order valence-electron chi connectivity index (χ2n) is 6.99. The fourth-order valence-corrected chi connectivity index (χ4v) is 3.73. The number of nitrogens with zero attached hydrogens (tertiary/aromatic N) is 6. The van der Waals surface area contributed by atoms with Crippen molar-refractivity contribution in [3.8, 4) is 0 Å². The topological polar surface area (TPSA) is 68.8 Å². The van der Waals surface area contributed by atoms with Gasteiger partial charge in [-0.1, -0.05) is 30.3 Å². The standard InChI is InChI=1S/C20H24N6O/c27-19(8-11-26-16-21-15-23-26)24-10-4-7-18(14-24)20-22-9-12-25(20)13-17-5-2-1-3-6-17/h1-3,5-6,9,12,15-16,18H,4,7-8,10-11,13-14H2/t18-/m0/s1. The fraction of sp³-hybridized carbons (Fsp3) is 0.400. The minimum atomic E-state index is 0.177. The number of piperidine rings is 1. The van der Waals surface area contributed by atoms with Crippen LogP contribution in [0.15, 0.2) is 55.4 Å². The summed E-state index contributed by atoms with van der Waals surface area (Å²) in [6, 6.07) is 10.4. The summed E-state index contributed by atoms with van der Waals surface area (Å²) in [7, 11) is 0. The highest BCUT2D eigenvalue weighted by Gasteiger charge is 2.27. The summed E-state index contributed by atoms with van der Waals surface area (Å²) in [4.78, 5) is 23.1. The third-order valence-electron chi connectivity index (χ3n) is 5.10. The zero-order valence-electron chi connectivity index (χ0n) is 15.3. The van der Waals surface area contributed by atoms with Gasteiger partial charge in [-0.15, -0.1) is 0 Å². The number of hydrogen-bond acceptors (Lipinski definition) is 4. The highest BCUT2D eigenvalue weighted by Crippen LogP contribution is 2.26. The quantitative estimate of drug-likeness (QED) is 0.673. The minimum Gasteiger partial charge on any atom is -0.342 e. The molecule has 3 heterocycles. The third kappa shape index (κ3) is 4.24. The highest BCUT2D eigenvalue weighted by atomic mass is 16.2. The molecule has 1 fully saturated rings. The first-order chi connectivity index (χ1) is 13.3. The second kappa shape index (κ2) is 8.16. The van der Waals surface area contributed by atoms with Gasteiger partial charge < -0.3 is 9.47 Å². The largest absolute Gasteiger partial charge is 0.342 e. The molecule has 1 amide bonds. The van der Waals surface area contributed by atoms with E-state index in [9.17, 15) is 4.79 Å². The molecule has 0 N–H and O–H groups in total. The van der Waals surface area contributed by atoms with Crippen molar-refractivity contribution in [2.24, 2.45) is 0 Å². The van der Waals surface area contributed by atoms with Crippen LogP contribution < -0.4 is 0 Å². The van der Waals surface area contributed by atoms with Crippen LogP contribution in [0, 0.1) is 0 Å². The predicted octanol–water partition coefficient (Wildman–Crippen LogP) is 2.32. The zero-order valence-corrected chi connectivity index (χ0v) is 15.3. The monoisotopic (exact) mass is 364 g/mol. The molecule has 1 aliphatic rings. The first-order valence-corrected chi connectivity index (χ1v) is 9.45. The van der Waals surface area contributed by atoms with Crippen molar-refractivity contribution in [1.29, 1.82) is 0 Å². The first-order valence-electron chi connectivity index (χ1n) is 9.45. The molecule has 1 aliphatic heterocycles. The van der Waals surface area contributed by atoms with E-state index >= 15 is 0 Å². The maximum Gasteiger partial charge on any atom is 0.224 e. The molecule has 7 heteroatoms. The van der Waals surface area contributed by atoms with Gasteiger partial charge in [0.2, 0.25) is 5.91 Å². The molecule has 1 aromatic carbocycles. The van der Waals surface area contributed by atoms with Gasteiger partial charge >= 0.3 is 0 Å². The van der Waals surface area contributed by atoms with E-state index in [-0.39, 0.29) is 11.8 Å². The molecule has 1 saturated heterocycles. The summed E-state index contributed by atoms with van der Waals surface area (Å²) in [6.45, 7) is 2.95. The molecule has 1 atom stereocenters. The fourth-order valence-electron chi connectivity index (χ4n) is 3.73. The Kier molecular flexibility index (Phi) is 5.27. The van der Waals surface area contributed by atoms with Crippen LogP contribution in [0.3, 0.4) is 0 Å². The number of amides is 1. The second-order valence-corrected chi connectivity index (χ2v) is 6.99. The SMILES string of the molecule is O=C(CCn1cncn1)N1CCC[C@H](c2nccn2Cc2ccccc2)C1. The van der Waals surface area contributed by atoms with Gasteiger partial charge in [-0.3, -0.25) is 9.48 Å². The lowest BCUT2D eigenvalue weighted by atomic mass is 9.96. The van der Waals surface area contributed by atoms with Gasteiger partial charge in [-0.2, -0.15) is 5.10 Å². The van der Waals surface area contributed by atoms with E-state index in [0.29, 0.717) is 13.0 Å². The molecule has 27 heavy (non-hydrogen) atoms. The number of hydrogen-bond donors (Lipinski definition) is 0. The lowest BCUT2D eigenvalue weighted by Crippen LogP contribution is -2.40. The molecular weight excluding hydrogens is 340 g/mol. The summed E-state index contributed by atoms with van der Waals surface area (Å²) in [5, 5.41) is 4.06. The molecule has 3 aromatic rings. The van der Waals surface area contributed by atoms with E-state index in [1.165, 1.54) is 11.9 Å². The zero-order chi connectivity index (χ0) is 18.5. The van der Waals surface area contributed by atoms with Gasteiger partial charge in [0.25, 0.3) is 0 Å². The lowest BCUT2D eigenvalue weighted by Gasteiger charge is -2.32. The van der Waals surface area contributed by atoms with Crippen LogP contribution in [0.4, 0.5) is 0 Å². The van der Waals surface area contributed by atoms with Crippen molar-refractivity contribution in [2.75, 3.05) is 13.1 Å². The first kappa shape index (κ1) is 17.5. The number of benzene rings is 1. The van der Waals surface area contributed by atoms with Crippen molar-refractivity contribution >= 4 is 5.91 Å². The van der Waals surface area contributed by atoms with E-state index in [0.717, 1.165) is 38.3 Å². The summed E-state index contributed by atoms with van der Waals surface area (Å²) in [5.74, 6) is 1.54. The van der Waals surface area contributed by atoms with Crippen molar-refractivity contribution < 1.29 is 4.79 Å². The van der Waals surface area contributed by atoms with Crippen molar-refractivity contribution in [1.82, 2.24) is 29.2 Å². The molecule has 0 spiro atoms. The third-order valence-corrected chi connectivity index (χ3v) is 5.10. The molecule has 2 aromatic heterocycles. The molecule has 140 valence electrons. The van der Waals surface area contributed by atoms with E-state index in [1.807, 2.05) is 23.4 Å².